The van der Waals surface area contributed by atoms with E-state index in [2.05, 4.69) is 52.9 Å². The van der Waals surface area contributed by atoms with Crippen LogP contribution < -0.4 is 10.9 Å². The van der Waals surface area contributed by atoms with Gasteiger partial charge in [-0.1, -0.05) is 68.3 Å². The number of nitrogens with zero attached hydrogens (tertiary/aromatic N) is 2. The number of hydrogen-bond acceptors (Lipinski definition) is 4. The van der Waals surface area contributed by atoms with Crippen molar-refractivity contribution in [1.29, 1.82) is 0 Å². The van der Waals surface area contributed by atoms with Crippen LogP contribution in [0.4, 0.5) is 0 Å². The molecule has 6 nitrogen and oxygen atoms in total. The highest BCUT2D eigenvalue weighted by atomic mass is 79.9. The quantitative estimate of drug-likeness (QED) is 0.479. The molecular weight excluding hydrogens is 476 g/mol. The lowest BCUT2D eigenvalue weighted by Gasteiger charge is -2.01. The standard InChI is InChI=1S/C19H16Br2N4O2/c20-16-7-3-1-5-12(16)10-22-24-18(26)14-9-15(14)19(27)25-23-11-13-6-2-4-8-17(13)21/h1-8,10-11,14-15H,9H2,(H,24,26)(H,25,27)/t14-,15-/m0/s1. The Balaban J connectivity index is 1.46. The fourth-order valence-corrected chi connectivity index (χ4v) is 3.21. The van der Waals surface area contributed by atoms with Crippen LogP contribution in [0.5, 0.6) is 0 Å². The molecule has 27 heavy (non-hydrogen) atoms. The van der Waals surface area contributed by atoms with Gasteiger partial charge in [0, 0.05) is 20.1 Å². The van der Waals surface area contributed by atoms with E-state index in [1.807, 2.05) is 48.5 Å². The molecule has 1 saturated carbocycles. The molecule has 2 aromatic rings. The third-order valence-corrected chi connectivity index (χ3v) is 5.48. The number of hydrogen-bond donors (Lipinski definition) is 2. The average molecular weight is 492 g/mol. The summed E-state index contributed by atoms with van der Waals surface area (Å²) >= 11 is 6.81. The van der Waals surface area contributed by atoms with E-state index >= 15 is 0 Å². The molecule has 0 heterocycles. The molecule has 1 aliphatic rings. The third kappa shape index (κ3) is 5.33. The molecule has 0 bridgehead atoms. The number of hydrazone groups is 2. The molecule has 0 spiro atoms. The van der Waals surface area contributed by atoms with Gasteiger partial charge in [0.2, 0.25) is 11.8 Å². The van der Waals surface area contributed by atoms with Crippen LogP contribution in [0.3, 0.4) is 0 Å². The number of amides is 2. The number of nitrogens with one attached hydrogen (secondary N) is 2. The lowest BCUT2D eigenvalue weighted by Crippen LogP contribution is -2.25. The monoisotopic (exact) mass is 490 g/mol. The summed E-state index contributed by atoms with van der Waals surface area (Å²) in [5.41, 5.74) is 6.66. The first-order valence-electron chi connectivity index (χ1n) is 8.21. The minimum atomic E-state index is -0.375. The molecule has 0 saturated heterocycles. The molecule has 0 aliphatic heterocycles. The van der Waals surface area contributed by atoms with Crippen LogP contribution in [-0.2, 0) is 9.59 Å². The molecule has 8 heteroatoms. The van der Waals surface area contributed by atoms with E-state index in [1.54, 1.807) is 12.4 Å². The molecule has 0 unspecified atom stereocenters. The van der Waals surface area contributed by atoms with Crippen molar-refractivity contribution in [2.45, 2.75) is 6.42 Å². The maximum absolute atomic E-state index is 12.1. The van der Waals surface area contributed by atoms with Gasteiger partial charge in [0.15, 0.2) is 0 Å². The topological polar surface area (TPSA) is 82.9 Å². The predicted molar refractivity (Wildman–Crippen MR) is 111 cm³/mol. The molecule has 2 atom stereocenters. The fourth-order valence-electron chi connectivity index (χ4n) is 2.43. The van der Waals surface area contributed by atoms with Crippen molar-refractivity contribution in [3.63, 3.8) is 0 Å². The van der Waals surface area contributed by atoms with Gasteiger partial charge >= 0.3 is 0 Å². The summed E-state index contributed by atoms with van der Waals surface area (Å²) in [6.07, 6.45) is 3.61. The second-order valence-electron chi connectivity index (χ2n) is 5.96. The van der Waals surface area contributed by atoms with E-state index in [0.717, 1.165) is 20.1 Å². The van der Waals surface area contributed by atoms with Crippen LogP contribution in [0.2, 0.25) is 0 Å². The fraction of sp³-hybridized carbons (Fsp3) is 0.158. The number of carbonyl (C=O) groups excluding carboxylic acids is 2. The van der Waals surface area contributed by atoms with Gasteiger partial charge < -0.3 is 0 Å². The smallest absolute Gasteiger partial charge is 0.244 e. The average Bonchev–Trinajstić information content (AvgIpc) is 3.46. The van der Waals surface area contributed by atoms with Crippen molar-refractivity contribution < 1.29 is 9.59 Å². The number of carbonyl (C=O) groups is 2. The summed E-state index contributed by atoms with van der Waals surface area (Å²) < 4.78 is 1.77. The maximum Gasteiger partial charge on any atom is 0.244 e. The molecule has 2 N–H and O–H groups in total. The van der Waals surface area contributed by atoms with Gasteiger partial charge in [0.25, 0.3) is 0 Å². The van der Waals surface area contributed by atoms with Crippen molar-refractivity contribution in [3.05, 3.63) is 68.6 Å². The van der Waals surface area contributed by atoms with Crippen molar-refractivity contribution >= 4 is 56.1 Å². The molecule has 3 rings (SSSR count). The third-order valence-electron chi connectivity index (χ3n) is 4.03. The van der Waals surface area contributed by atoms with E-state index in [4.69, 9.17) is 0 Å². The molecule has 2 amide bonds. The van der Waals surface area contributed by atoms with Crippen molar-refractivity contribution in [2.75, 3.05) is 0 Å². The largest absolute Gasteiger partial charge is 0.273 e. The van der Waals surface area contributed by atoms with Gasteiger partial charge in [0.1, 0.15) is 0 Å². The first-order valence-corrected chi connectivity index (χ1v) is 9.80. The second kappa shape index (κ2) is 9.05. The Hall–Kier alpha value is -2.32. The van der Waals surface area contributed by atoms with Crippen LogP contribution in [-0.4, -0.2) is 24.2 Å². The minimum Gasteiger partial charge on any atom is -0.273 e. The predicted octanol–water partition coefficient (Wildman–Crippen LogP) is 3.45. The first-order chi connectivity index (χ1) is 13.1. The van der Waals surface area contributed by atoms with Gasteiger partial charge in [-0.2, -0.15) is 10.2 Å². The van der Waals surface area contributed by atoms with Crippen LogP contribution >= 0.6 is 31.9 Å². The summed E-state index contributed by atoms with van der Waals surface area (Å²) in [5, 5.41) is 7.90. The zero-order chi connectivity index (χ0) is 19.2. The summed E-state index contributed by atoms with van der Waals surface area (Å²) in [4.78, 5) is 24.1. The minimum absolute atomic E-state index is 0.270. The number of halogens is 2. The SMILES string of the molecule is O=C(NN=Cc1ccccc1Br)[C@H]1C[C@@H]1C(=O)NN=Cc1ccccc1Br. The second-order valence-corrected chi connectivity index (χ2v) is 7.67. The highest BCUT2D eigenvalue weighted by Crippen LogP contribution is 2.38. The van der Waals surface area contributed by atoms with Crippen LogP contribution in [0.15, 0.2) is 67.7 Å². The van der Waals surface area contributed by atoms with Crippen LogP contribution in [0.25, 0.3) is 0 Å². The van der Waals surface area contributed by atoms with Crippen molar-refractivity contribution in [1.82, 2.24) is 10.9 Å². The van der Waals surface area contributed by atoms with Gasteiger partial charge in [-0.3, -0.25) is 9.59 Å². The van der Waals surface area contributed by atoms with E-state index in [9.17, 15) is 9.59 Å². The van der Waals surface area contributed by atoms with Crippen LogP contribution in [0, 0.1) is 11.8 Å². The van der Waals surface area contributed by atoms with E-state index < -0.39 is 0 Å². The molecular formula is C19H16Br2N4O2. The zero-order valence-corrected chi connectivity index (χ0v) is 17.3. The van der Waals surface area contributed by atoms with E-state index in [0.29, 0.717) is 6.42 Å². The Morgan fingerprint density at radius 3 is 1.63 bits per heavy atom. The number of rotatable bonds is 6. The summed E-state index contributed by atoms with van der Waals surface area (Å²) in [5.74, 6) is -1.29. The molecule has 1 fully saturated rings. The summed E-state index contributed by atoms with van der Waals surface area (Å²) in [6, 6.07) is 15.1. The number of benzene rings is 2. The Morgan fingerprint density at radius 2 is 1.22 bits per heavy atom. The Morgan fingerprint density at radius 1 is 0.815 bits per heavy atom. The van der Waals surface area contributed by atoms with Gasteiger partial charge in [-0.05, 0) is 18.6 Å². The van der Waals surface area contributed by atoms with Crippen molar-refractivity contribution in [3.8, 4) is 0 Å². The normalized spacial score (nSPS) is 18.6. The lowest BCUT2D eigenvalue weighted by atomic mass is 10.2. The van der Waals surface area contributed by atoms with Gasteiger partial charge in [-0.25, -0.2) is 10.9 Å². The maximum atomic E-state index is 12.1. The van der Waals surface area contributed by atoms with E-state index in [1.165, 1.54) is 0 Å². The van der Waals surface area contributed by atoms with Crippen LogP contribution in [0.1, 0.15) is 17.5 Å². The Kier molecular flexibility index (Phi) is 6.52. The summed E-state index contributed by atoms with van der Waals surface area (Å²) in [6.45, 7) is 0. The molecule has 0 aromatic heterocycles. The summed E-state index contributed by atoms with van der Waals surface area (Å²) in [7, 11) is 0. The molecule has 1 aliphatic carbocycles. The van der Waals surface area contributed by atoms with Gasteiger partial charge in [-0.15, -0.1) is 0 Å². The van der Waals surface area contributed by atoms with E-state index in [-0.39, 0.29) is 23.7 Å². The highest BCUT2D eigenvalue weighted by molar-refractivity contribution is 9.10. The molecule has 138 valence electrons. The molecule has 2 aromatic carbocycles. The Bertz CT molecular complexity index is 841. The van der Waals surface area contributed by atoms with Crippen molar-refractivity contribution in [2.24, 2.45) is 22.0 Å². The molecule has 0 radical (unpaired) electrons. The van der Waals surface area contributed by atoms with Gasteiger partial charge in [0.05, 0.1) is 24.3 Å². The Labute approximate surface area is 173 Å². The lowest BCUT2D eigenvalue weighted by molar-refractivity contribution is -0.127. The highest BCUT2D eigenvalue weighted by Gasteiger charge is 2.48. The zero-order valence-electron chi connectivity index (χ0n) is 14.1. The first kappa shape index (κ1) is 19.4.